The number of thiophene rings is 1. The average molecular weight is 307 g/mol. The Labute approximate surface area is 131 Å². The van der Waals surface area contributed by atoms with E-state index in [1.807, 2.05) is 6.92 Å². The van der Waals surface area contributed by atoms with Crippen molar-refractivity contribution in [2.45, 2.75) is 50.9 Å². The molecule has 0 aromatic carbocycles. The van der Waals surface area contributed by atoms with Crippen LogP contribution in [0.5, 0.6) is 0 Å². The Morgan fingerprint density at radius 3 is 2.71 bits per heavy atom. The van der Waals surface area contributed by atoms with Crippen LogP contribution in [0.4, 0.5) is 0 Å². The quantitative estimate of drug-likeness (QED) is 0.931. The molecule has 1 amide bonds. The monoisotopic (exact) mass is 307 g/mol. The molecule has 0 radical (unpaired) electrons. The molecule has 21 heavy (non-hydrogen) atoms. The number of hydrogen-bond donors (Lipinski definition) is 1. The molecule has 4 nitrogen and oxygen atoms in total. The topological polar surface area (TPSA) is 35.6 Å². The minimum atomic E-state index is -0.421. The molecule has 3 heterocycles. The number of carbonyl (C=O) groups excluding carboxylic acids is 1. The Morgan fingerprint density at radius 1 is 1.43 bits per heavy atom. The molecule has 2 fully saturated rings. The second-order valence-electron chi connectivity index (χ2n) is 6.54. The fourth-order valence-corrected chi connectivity index (χ4v) is 4.09. The maximum atomic E-state index is 13.0. The van der Waals surface area contributed by atoms with Gasteiger partial charge in [-0.15, -0.1) is 0 Å². The van der Waals surface area contributed by atoms with Crippen LogP contribution in [-0.2, 0) is 4.79 Å². The zero-order valence-corrected chi connectivity index (χ0v) is 13.9. The summed E-state index contributed by atoms with van der Waals surface area (Å²) in [7, 11) is 2.16. The summed E-state index contributed by atoms with van der Waals surface area (Å²) in [4.78, 5) is 17.5. The van der Waals surface area contributed by atoms with Crippen LogP contribution in [0.15, 0.2) is 16.8 Å². The number of hydrogen-bond acceptors (Lipinski definition) is 4. The van der Waals surface area contributed by atoms with Crippen molar-refractivity contribution in [3.8, 4) is 0 Å². The van der Waals surface area contributed by atoms with Gasteiger partial charge in [-0.3, -0.25) is 10.1 Å². The van der Waals surface area contributed by atoms with Crippen LogP contribution in [0.25, 0.3) is 0 Å². The molecule has 0 bridgehead atoms. The van der Waals surface area contributed by atoms with Gasteiger partial charge in [0.2, 0.25) is 5.91 Å². The van der Waals surface area contributed by atoms with E-state index in [4.69, 9.17) is 0 Å². The summed E-state index contributed by atoms with van der Waals surface area (Å²) < 4.78 is 0. The fourth-order valence-electron chi connectivity index (χ4n) is 3.41. The van der Waals surface area contributed by atoms with Crippen molar-refractivity contribution >= 4 is 17.2 Å². The summed E-state index contributed by atoms with van der Waals surface area (Å²) in [6.45, 7) is 6.29. The van der Waals surface area contributed by atoms with Crippen molar-refractivity contribution in [2.75, 3.05) is 20.1 Å². The third-order valence-electron chi connectivity index (χ3n) is 5.09. The van der Waals surface area contributed by atoms with E-state index in [1.54, 1.807) is 11.3 Å². The third kappa shape index (κ3) is 2.62. The molecule has 2 saturated heterocycles. The number of piperidine rings is 1. The van der Waals surface area contributed by atoms with Crippen LogP contribution in [0, 0.1) is 0 Å². The summed E-state index contributed by atoms with van der Waals surface area (Å²) in [6, 6.07) is 2.50. The Kier molecular flexibility index (Phi) is 4.08. The molecule has 3 rings (SSSR count). The Morgan fingerprint density at radius 2 is 2.14 bits per heavy atom. The fraction of sp³-hybridized carbons (Fsp3) is 0.688. The number of amides is 1. The second-order valence-corrected chi connectivity index (χ2v) is 7.32. The summed E-state index contributed by atoms with van der Waals surface area (Å²) in [5.41, 5.74) is 0.806. The van der Waals surface area contributed by atoms with Gasteiger partial charge in [-0.25, -0.2) is 0 Å². The van der Waals surface area contributed by atoms with Crippen molar-refractivity contribution < 1.29 is 4.79 Å². The van der Waals surface area contributed by atoms with Gasteiger partial charge in [0.15, 0.2) is 0 Å². The molecular weight excluding hydrogens is 282 g/mol. The lowest BCUT2D eigenvalue weighted by Crippen LogP contribution is -2.48. The zero-order chi connectivity index (χ0) is 15.0. The lowest BCUT2D eigenvalue weighted by molar-refractivity contribution is -0.136. The van der Waals surface area contributed by atoms with Gasteiger partial charge < -0.3 is 9.80 Å². The van der Waals surface area contributed by atoms with Gasteiger partial charge in [-0.05, 0) is 68.7 Å². The first-order valence-electron chi connectivity index (χ1n) is 7.86. The predicted molar refractivity (Wildman–Crippen MR) is 86.3 cm³/mol. The number of nitrogens with one attached hydrogen (secondary N) is 1. The summed E-state index contributed by atoms with van der Waals surface area (Å²) >= 11 is 1.70. The maximum Gasteiger partial charge on any atom is 0.244 e. The standard InChI is InChI=1S/C16H25N3OS/c1-4-16(2)15(20)19(13-5-8-18(3)9-6-13)14(17-16)12-7-10-21-11-12/h7,10-11,13-14,17H,4-6,8-9H2,1-3H3. The molecule has 1 aromatic rings. The molecule has 1 N–H and O–H groups in total. The molecule has 2 atom stereocenters. The molecule has 1 aromatic heterocycles. The normalized spacial score (nSPS) is 32.0. The Bertz CT molecular complexity index is 496. The van der Waals surface area contributed by atoms with Crippen molar-refractivity contribution in [1.82, 2.24) is 15.1 Å². The van der Waals surface area contributed by atoms with Crippen molar-refractivity contribution in [1.29, 1.82) is 0 Å². The molecule has 0 aliphatic carbocycles. The van der Waals surface area contributed by atoms with Gasteiger partial charge in [-0.1, -0.05) is 6.92 Å². The van der Waals surface area contributed by atoms with Crippen LogP contribution >= 0.6 is 11.3 Å². The van der Waals surface area contributed by atoms with E-state index in [9.17, 15) is 4.79 Å². The summed E-state index contributed by atoms with van der Waals surface area (Å²) in [5.74, 6) is 0.274. The first-order chi connectivity index (χ1) is 10.0. The minimum Gasteiger partial charge on any atom is -0.318 e. The van der Waals surface area contributed by atoms with E-state index in [2.05, 4.69) is 45.9 Å². The SMILES string of the molecule is CCC1(C)NC(c2ccsc2)N(C2CCN(C)CC2)C1=O. The van der Waals surface area contributed by atoms with Crippen LogP contribution in [0.3, 0.4) is 0 Å². The average Bonchev–Trinajstić information content (AvgIpc) is 3.09. The summed E-state index contributed by atoms with van der Waals surface area (Å²) in [5, 5.41) is 7.85. The second kappa shape index (κ2) is 5.71. The third-order valence-corrected chi connectivity index (χ3v) is 5.79. The highest BCUT2D eigenvalue weighted by atomic mass is 32.1. The number of nitrogens with zero attached hydrogens (tertiary/aromatic N) is 2. The van der Waals surface area contributed by atoms with Gasteiger partial charge in [0.05, 0.1) is 5.54 Å². The van der Waals surface area contributed by atoms with Crippen LogP contribution in [0.1, 0.15) is 44.8 Å². The predicted octanol–water partition coefficient (Wildman–Crippen LogP) is 2.44. The Balaban J connectivity index is 1.88. The molecule has 2 unspecified atom stereocenters. The number of rotatable bonds is 3. The highest BCUT2D eigenvalue weighted by Crippen LogP contribution is 2.37. The number of likely N-dealkylation sites (tertiary alicyclic amines) is 1. The lowest BCUT2D eigenvalue weighted by atomic mass is 9.97. The maximum absolute atomic E-state index is 13.0. The van der Waals surface area contributed by atoms with Gasteiger partial charge in [0.25, 0.3) is 0 Å². The lowest BCUT2D eigenvalue weighted by Gasteiger charge is -2.38. The van der Waals surface area contributed by atoms with Crippen LogP contribution < -0.4 is 5.32 Å². The molecular formula is C16H25N3OS. The first kappa shape index (κ1) is 15.0. The molecule has 0 spiro atoms. The van der Waals surface area contributed by atoms with Crippen molar-refractivity contribution in [3.05, 3.63) is 22.4 Å². The van der Waals surface area contributed by atoms with E-state index in [0.717, 1.165) is 32.4 Å². The van der Waals surface area contributed by atoms with E-state index in [1.165, 1.54) is 5.56 Å². The van der Waals surface area contributed by atoms with Crippen LogP contribution in [0.2, 0.25) is 0 Å². The van der Waals surface area contributed by atoms with Gasteiger partial charge in [0, 0.05) is 6.04 Å². The molecule has 2 aliphatic rings. The highest BCUT2D eigenvalue weighted by Gasteiger charge is 2.49. The van der Waals surface area contributed by atoms with Crippen LogP contribution in [-0.4, -0.2) is 47.4 Å². The Hall–Kier alpha value is -0.910. The molecule has 5 heteroatoms. The zero-order valence-electron chi connectivity index (χ0n) is 13.1. The minimum absolute atomic E-state index is 0.0436. The van der Waals surface area contributed by atoms with Gasteiger partial charge in [-0.2, -0.15) is 11.3 Å². The smallest absolute Gasteiger partial charge is 0.244 e. The molecule has 2 aliphatic heterocycles. The molecule has 116 valence electrons. The van der Waals surface area contributed by atoms with E-state index in [-0.39, 0.29) is 12.1 Å². The van der Waals surface area contributed by atoms with Gasteiger partial charge in [0.1, 0.15) is 6.17 Å². The van der Waals surface area contributed by atoms with E-state index < -0.39 is 5.54 Å². The van der Waals surface area contributed by atoms with E-state index in [0.29, 0.717) is 6.04 Å². The first-order valence-corrected chi connectivity index (χ1v) is 8.80. The number of carbonyl (C=O) groups is 1. The molecule has 0 saturated carbocycles. The van der Waals surface area contributed by atoms with Crippen molar-refractivity contribution in [3.63, 3.8) is 0 Å². The summed E-state index contributed by atoms with van der Waals surface area (Å²) in [6.07, 6.45) is 3.02. The van der Waals surface area contributed by atoms with E-state index >= 15 is 0 Å². The van der Waals surface area contributed by atoms with Crippen molar-refractivity contribution in [2.24, 2.45) is 0 Å². The van der Waals surface area contributed by atoms with Gasteiger partial charge >= 0.3 is 0 Å². The highest BCUT2D eigenvalue weighted by molar-refractivity contribution is 7.07. The largest absolute Gasteiger partial charge is 0.318 e.